The summed E-state index contributed by atoms with van der Waals surface area (Å²) in [5.74, 6) is -2.52. The van der Waals surface area contributed by atoms with Gasteiger partial charge in [0.2, 0.25) is 5.95 Å². The number of carbonyl (C=O) groups excluding carboxylic acids is 1. The molecule has 0 aliphatic heterocycles. The van der Waals surface area contributed by atoms with Crippen LogP contribution in [-0.2, 0) is 0 Å². The number of rotatable bonds is 5. The van der Waals surface area contributed by atoms with E-state index >= 15 is 0 Å². The Hall–Kier alpha value is -2.07. The fourth-order valence-electron chi connectivity index (χ4n) is 2.18. The summed E-state index contributed by atoms with van der Waals surface area (Å²) >= 11 is 3.18. The van der Waals surface area contributed by atoms with Crippen molar-refractivity contribution in [3.05, 3.63) is 52.3 Å². The Bertz CT molecular complexity index is 784. The number of pyridine rings is 2. The Morgan fingerprint density at radius 2 is 2.00 bits per heavy atom. The molecule has 2 N–H and O–H groups in total. The lowest BCUT2D eigenvalue weighted by Crippen LogP contribution is -2.30. The van der Waals surface area contributed by atoms with Crippen LogP contribution >= 0.6 is 15.9 Å². The maximum Gasteiger partial charge on any atom is 0.414 e. The van der Waals surface area contributed by atoms with E-state index in [1.54, 1.807) is 6.07 Å². The number of aromatic nitrogens is 2. The Balaban J connectivity index is 2.16. The van der Waals surface area contributed by atoms with Gasteiger partial charge in [0, 0.05) is 16.2 Å². The SMILES string of the molecule is C[C@H](C[C@@H](O)C(F)(F)F)c1cc(NC(=O)c2ccc(Br)cn2)cnc1F. The Kier molecular flexibility index (Phi) is 6.30. The van der Waals surface area contributed by atoms with E-state index in [0.29, 0.717) is 4.47 Å². The molecule has 0 spiro atoms. The molecule has 2 rings (SSSR count). The number of hydrogen-bond donors (Lipinski definition) is 2. The van der Waals surface area contributed by atoms with Gasteiger partial charge >= 0.3 is 6.18 Å². The molecular weight excluding hydrogens is 422 g/mol. The predicted molar refractivity (Wildman–Crippen MR) is 89.2 cm³/mol. The van der Waals surface area contributed by atoms with Crippen molar-refractivity contribution in [3.63, 3.8) is 0 Å². The number of nitrogens with zero attached hydrogens (tertiary/aromatic N) is 2. The van der Waals surface area contributed by atoms with Gasteiger partial charge in [0.25, 0.3) is 5.91 Å². The number of alkyl halides is 3. The van der Waals surface area contributed by atoms with E-state index < -0.39 is 36.5 Å². The maximum atomic E-state index is 13.9. The van der Waals surface area contributed by atoms with Gasteiger partial charge in [-0.3, -0.25) is 4.79 Å². The van der Waals surface area contributed by atoms with Gasteiger partial charge in [0.1, 0.15) is 11.8 Å². The molecule has 140 valence electrons. The first-order valence-electron chi connectivity index (χ1n) is 7.41. The second-order valence-corrected chi connectivity index (χ2v) is 6.53. The normalized spacial score (nSPS) is 14.0. The smallest absolute Gasteiger partial charge is 0.384 e. The van der Waals surface area contributed by atoms with Gasteiger partial charge in [-0.25, -0.2) is 9.97 Å². The number of aliphatic hydroxyl groups excluding tert-OH is 1. The van der Waals surface area contributed by atoms with Crippen LogP contribution in [0.25, 0.3) is 0 Å². The van der Waals surface area contributed by atoms with Crippen LogP contribution in [0.3, 0.4) is 0 Å². The van der Waals surface area contributed by atoms with Crippen molar-refractivity contribution in [2.24, 2.45) is 0 Å². The molecule has 2 aromatic heterocycles. The number of anilines is 1. The summed E-state index contributed by atoms with van der Waals surface area (Å²) in [6, 6.07) is 4.25. The third-order valence-corrected chi connectivity index (χ3v) is 4.04. The second kappa shape index (κ2) is 8.09. The van der Waals surface area contributed by atoms with Gasteiger partial charge in [-0.2, -0.15) is 17.6 Å². The first kappa shape index (κ1) is 20.2. The lowest BCUT2D eigenvalue weighted by Gasteiger charge is -2.19. The average molecular weight is 436 g/mol. The molecule has 5 nitrogen and oxygen atoms in total. The Morgan fingerprint density at radius 3 is 2.58 bits per heavy atom. The van der Waals surface area contributed by atoms with E-state index in [1.165, 1.54) is 25.3 Å². The lowest BCUT2D eigenvalue weighted by molar-refractivity contribution is -0.206. The quantitative estimate of drug-likeness (QED) is 0.548. The molecule has 2 atom stereocenters. The summed E-state index contributed by atoms with van der Waals surface area (Å²) in [4.78, 5) is 19.5. The third kappa shape index (κ3) is 5.21. The molecule has 1 amide bonds. The standard InChI is InChI=1S/C16H14BrF4N3O2/c1-8(4-13(25)16(19,20)21)11-5-10(7-23-14(11)18)24-15(26)12-3-2-9(17)6-22-12/h2-3,5-8,13,25H,4H2,1H3,(H,24,26)/t8-,13-/m1/s1. The van der Waals surface area contributed by atoms with E-state index in [-0.39, 0.29) is 16.9 Å². The number of carbonyl (C=O) groups is 1. The van der Waals surface area contributed by atoms with Gasteiger partial charge in [-0.1, -0.05) is 6.92 Å². The summed E-state index contributed by atoms with van der Waals surface area (Å²) in [6.45, 7) is 1.33. The van der Waals surface area contributed by atoms with Gasteiger partial charge in [-0.05, 0) is 46.5 Å². The highest BCUT2D eigenvalue weighted by Gasteiger charge is 2.39. The number of nitrogens with one attached hydrogen (secondary N) is 1. The highest BCUT2D eigenvalue weighted by Crippen LogP contribution is 2.31. The van der Waals surface area contributed by atoms with E-state index in [0.717, 1.165) is 6.20 Å². The zero-order chi connectivity index (χ0) is 19.5. The lowest BCUT2D eigenvalue weighted by atomic mass is 9.95. The van der Waals surface area contributed by atoms with Crippen LogP contribution < -0.4 is 5.32 Å². The summed E-state index contributed by atoms with van der Waals surface area (Å²) in [5, 5.41) is 11.6. The zero-order valence-corrected chi connectivity index (χ0v) is 15.0. The van der Waals surface area contributed by atoms with Gasteiger partial charge in [-0.15, -0.1) is 0 Å². The zero-order valence-electron chi connectivity index (χ0n) is 13.4. The van der Waals surface area contributed by atoms with Crippen molar-refractivity contribution in [1.29, 1.82) is 0 Å². The van der Waals surface area contributed by atoms with Crippen LogP contribution in [0.2, 0.25) is 0 Å². The summed E-state index contributed by atoms with van der Waals surface area (Å²) in [7, 11) is 0. The number of hydrogen-bond acceptors (Lipinski definition) is 4. The van der Waals surface area contributed by atoms with Crippen LogP contribution in [0.15, 0.2) is 35.1 Å². The van der Waals surface area contributed by atoms with E-state index in [2.05, 4.69) is 31.2 Å². The minimum atomic E-state index is -4.79. The summed E-state index contributed by atoms with van der Waals surface area (Å²) < 4.78 is 51.9. The van der Waals surface area contributed by atoms with E-state index in [9.17, 15) is 22.4 Å². The molecular formula is C16H14BrF4N3O2. The van der Waals surface area contributed by atoms with Gasteiger partial charge in [0.05, 0.1) is 11.9 Å². The predicted octanol–water partition coefficient (Wildman–Crippen LogP) is 4.05. The molecule has 26 heavy (non-hydrogen) atoms. The maximum absolute atomic E-state index is 13.9. The molecule has 10 heteroatoms. The van der Waals surface area contributed by atoms with Gasteiger partial charge < -0.3 is 10.4 Å². The van der Waals surface area contributed by atoms with Crippen molar-refractivity contribution >= 4 is 27.5 Å². The fourth-order valence-corrected chi connectivity index (χ4v) is 2.41. The van der Waals surface area contributed by atoms with Crippen LogP contribution in [0.1, 0.15) is 35.3 Å². The van der Waals surface area contributed by atoms with Gasteiger partial charge in [0.15, 0.2) is 0 Å². The summed E-state index contributed by atoms with van der Waals surface area (Å²) in [5.41, 5.74) is 0.0546. The molecule has 0 bridgehead atoms. The van der Waals surface area contributed by atoms with Crippen molar-refractivity contribution in [2.45, 2.75) is 31.5 Å². The number of amides is 1. The summed E-state index contributed by atoms with van der Waals surface area (Å²) in [6.07, 6.45) is -5.64. The third-order valence-electron chi connectivity index (χ3n) is 3.57. The minimum absolute atomic E-state index is 0.0969. The number of aliphatic hydroxyl groups is 1. The van der Waals surface area contributed by atoms with Crippen molar-refractivity contribution < 1.29 is 27.5 Å². The first-order chi connectivity index (χ1) is 12.1. The van der Waals surface area contributed by atoms with Crippen LogP contribution in [0.4, 0.5) is 23.2 Å². The van der Waals surface area contributed by atoms with Crippen molar-refractivity contribution in [1.82, 2.24) is 9.97 Å². The second-order valence-electron chi connectivity index (χ2n) is 5.61. The van der Waals surface area contributed by atoms with Crippen LogP contribution in [-0.4, -0.2) is 33.3 Å². The molecule has 2 aromatic rings. The topological polar surface area (TPSA) is 75.1 Å². The molecule has 0 aliphatic rings. The Labute approximate surface area is 154 Å². The molecule has 0 saturated carbocycles. The monoisotopic (exact) mass is 435 g/mol. The molecule has 0 saturated heterocycles. The van der Waals surface area contributed by atoms with E-state index in [1.807, 2.05) is 0 Å². The molecule has 2 heterocycles. The van der Waals surface area contributed by atoms with Crippen LogP contribution in [0.5, 0.6) is 0 Å². The highest BCUT2D eigenvalue weighted by molar-refractivity contribution is 9.10. The molecule has 0 fully saturated rings. The van der Waals surface area contributed by atoms with Crippen molar-refractivity contribution in [3.8, 4) is 0 Å². The largest absolute Gasteiger partial charge is 0.414 e. The minimum Gasteiger partial charge on any atom is -0.384 e. The first-order valence-corrected chi connectivity index (χ1v) is 8.20. The van der Waals surface area contributed by atoms with E-state index in [4.69, 9.17) is 5.11 Å². The number of halogens is 5. The average Bonchev–Trinajstić information content (AvgIpc) is 2.56. The molecule has 0 unspecified atom stereocenters. The fraction of sp³-hybridized carbons (Fsp3) is 0.312. The molecule has 0 aliphatic carbocycles. The highest BCUT2D eigenvalue weighted by atomic mass is 79.9. The Morgan fingerprint density at radius 1 is 1.31 bits per heavy atom. The molecule has 0 radical (unpaired) electrons. The van der Waals surface area contributed by atoms with Crippen molar-refractivity contribution in [2.75, 3.05) is 5.32 Å². The molecule has 0 aromatic carbocycles. The van der Waals surface area contributed by atoms with Crippen LogP contribution in [0, 0.1) is 5.95 Å².